The number of nitrogens with zero attached hydrogens (tertiary/aromatic N) is 2. The number of anilines is 1. The molecule has 0 spiro atoms. The first-order valence-corrected chi connectivity index (χ1v) is 13.9. The minimum absolute atomic E-state index is 0.00257. The predicted molar refractivity (Wildman–Crippen MR) is 160 cm³/mol. The summed E-state index contributed by atoms with van der Waals surface area (Å²) < 4.78 is 6.21. The van der Waals surface area contributed by atoms with E-state index < -0.39 is 11.8 Å². The zero-order valence-corrected chi connectivity index (χ0v) is 24.7. The number of nitrogens with one attached hydrogen (secondary N) is 1. The maximum Gasteiger partial charge on any atom is 0.255 e. The first-order valence-electron chi connectivity index (χ1n) is 13.9. The van der Waals surface area contributed by atoms with E-state index in [2.05, 4.69) is 65.1 Å². The van der Waals surface area contributed by atoms with Crippen molar-refractivity contribution >= 4 is 28.3 Å². The lowest BCUT2D eigenvalue weighted by molar-refractivity contribution is -0.115. The van der Waals surface area contributed by atoms with E-state index in [-0.39, 0.29) is 27.8 Å². The standard InChI is InChI=1S/C33H41N3O4/c1-8-32(4,5)23-15-16-29(27(19-23)33(6,7)9-2)40-18-12-17-35-31(39)26-20-28(36(21-34)22(3)37)24-13-10-11-14-25(24)30(26)38/h10-11,13-16,19-20,38H,8-9,12,17-18H2,1-7H3,(H,35,39). The van der Waals surface area contributed by atoms with Gasteiger partial charge in [-0.15, -0.1) is 0 Å². The molecule has 2 N–H and O–H groups in total. The Morgan fingerprint density at radius 1 is 1.00 bits per heavy atom. The molecule has 3 aromatic rings. The topological polar surface area (TPSA) is 103 Å². The highest BCUT2D eigenvalue weighted by Crippen LogP contribution is 2.39. The Kier molecular flexibility index (Phi) is 9.47. The van der Waals surface area contributed by atoms with Crippen molar-refractivity contribution in [2.24, 2.45) is 0 Å². The second kappa shape index (κ2) is 12.4. The summed E-state index contributed by atoms with van der Waals surface area (Å²) in [6.45, 7) is 15.3. The van der Waals surface area contributed by atoms with Crippen LogP contribution in [0, 0.1) is 11.5 Å². The molecule has 0 heterocycles. The van der Waals surface area contributed by atoms with Crippen molar-refractivity contribution < 1.29 is 19.4 Å². The van der Waals surface area contributed by atoms with E-state index in [1.165, 1.54) is 24.1 Å². The zero-order valence-electron chi connectivity index (χ0n) is 24.7. The number of rotatable bonds is 11. The third-order valence-corrected chi connectivity index (χ3v) is 8.02. The minimum atomic E-state index is -0.495. The number of phenolic OH excluding ortho intramolecular Hbond substituents is 1. The van der Waals surface area contributed by atoms with E-state index >= 15 is 0 Å². The van der Waals surface area contributed by atoms with Gasteiger partial charge in [0.2, 0.25) is 5.91 Å². The Morgan fingerprint density at radius 2 is 1.65 bits per heavy atom. The van der Waals surface area contributed by atoms with Crippen LogP contribution < -0.4 is 15.0 Å². The van der Waals surface area contributed by atoms with Crippen LogP contribution in [0.4, 0.5) is 5.69 Å². The monoisotopic (exact) mass is 543 g/mol. The molecule has 40 heavy (non-hydrogen) atoms. The van der Waals surface area contributed by atoms with Crippen LogP contribution in [0.5, 0.6) is 11.5 Å². The van der Waals surface area contributed by atoms with Crippen LogP contribution in [-0.2, 0) is 15.6 Å². The Morgan fingerprint density at radius 3 is 2.25 bits per heavy atom. The average Bonchev–Trinajstić information content (AvgIpc) is 2.94. The van der Waals surface area contributed by atoms with Gasteiger partial charge in [-0.3, -0.25) is 9.59 Å². The van der Waals surface area contributed by atoms with E-state index in [9.17, 15) is 20.0 Å². The maximum absolute atomic E-state index is 13.1. The molecule has 212 valence electrons. The number of hydrogen-bond donors (Lipinski definition) is 2. The van der Waals surface area contributed by atoms with Crippen molar-refractivity contribution in [3.63, 3.8) is 0 Å². The molecule has 3 rings (SSSR count). The lowest BCUT2D eigenvalue weighted by atomic mass is 9.76. The molecule has 0 aliphatic heterocycles. The molecule has 0 unspecified atom stereocenters. The molecule has 0 fully saturated rings. The molecule has 3 aromatic carbocycles. The average molecular weight is 544 g/mol. The van der Waals surface area contributed by atoms with E-state index in [4.69, 9.17) is 4.74 Å². The van der Waals surface area contributed by atoms with Crippen LogP contribution in [0.15, 0.2) is 48.5 Å². The van der Waals surface area contributed by atoms with Crippen LogP contribution in [0.2, 0.25) is 0 Å². The fraction of sp³-hybridized carbons (Fsp3) is 0.424. The van der Waals surface area contributed by atoms with Gasteiger partial charge in [0, 0.05) is 29.8 Å². The van der Waals surface area contributed by atoms with Gasteiger partial charge in [0.15, 0.2) is 6.19 Å². The highest BCUT2D eigenvalue weighted by molar-refractivity contribution is 6.12. The smallest absolute Gasteiger partial charge is 0.255 e. The van der Waals surface area contributed by atoms with Gasteiger partial charge >= 0.3 is 0 Å². The first-order chi connectivity index (χ1) is 18.9. The molecule has 0 radical (unpaired) electrons. The summed E-state index contributed by atoms with van der Waals surface area (Å²) in [4.78, 5) is 26.0. The number of fused-ring (bicyclic) bond motifs is 1. The molecule has 7 heteroatoms. The van der Waals surface area contributed by atoms with Crippen molar-refractivity contribution in [3.8, 4) is 17.7 Å². The molecule has 0 aliphatic rings. The van der Waals surface area contributed by atoms with Crippen LogP contribution in [0.25, 0.3) is 10.8 Å². The molecule has 0 saturated carbocycles. The number of amides is 2. The van der Waals surface area contributed by atoms with Gasteiger partial charge in [0.1, 0.15) is 11.5 Å². The Bertz CT molecular complexity index is 1440. The third kappa shape index (κ3) is 6.39. The van der Waals surface area contributed by atoms with Gasteiger partial charge in [-0.1, -0.05) is 77.9 Å². The molecule has 0 aliphatic carbocycles. The summed E-state index contributed by atoms with van der Waals surface area (Å²) in [6, 6.07) is 14.7. The van der Waals surface area contributed by atoms with E-state index in [0.717, 1.165) is 23.5 Å². The fourth-order valence-electron chi connectivity index (χ4n) is 4.54. The van der Waals surface area contributed by atoms with Gasteiger partial charge in [-0.05, 0) is 47.8 Å². The van der Waals surface area contributed by atoms with E-state index in [1.807, 2.05) is 6.19 Å². The number of carbonyl (C=O) groups is 2. The van der Waals surface area contributed by atoms with Crippen LogP contribution in [0.3, 0.4) is 0 Å². The largest absolute Gasteiger partial charge is 0.506 e. The molecular weight excluding hydrogens is 502 g/mol. The molecule has 0 atom stereocenters. The summed E-state index contributed by atoms with van der Waals surface area (Å²) >= 11 is 0. The Balaban J connectivity index is 1.74. The fourth-order valence-corrected chi connectivity index (χ4v) is 4.54. The number of benzene rings is 3. The van der Waals surface area contributed by atoms with Crippen molar-refractivity contribution in [3.05, 3.63) is 65.2 Å². The molecular formula is C33H41N3O4. The second-order valence-electron chi connectivity index (χ2n) is 11.4. The number of carbonyl (C=O) groups excluding carboxylic acids is 2. The van der Waals surface area contributed by atoms with Crippen molar-refractivity contribution in [1.82, 2.24) is 5.32 Å². The summed E-state index contributed by atoms with van der Waals surface area (Å²) in [6.07, 6.45) is 4.42. The maximum atomic E-state index is 13.1. The number of aromatic hydroxyl groups is 1. The quantitative estimate of drug-likeness (QED) is 0.155. The minimum Gasteiger partial charge on any atom is -0.506 e. The van der Waals surface area contributed by atoms with Gasteiger partial charge in [0.25, 0.3) is 5.91 Å². The normalized spacial score (nSPS) is 11.7. The zero-order chi connectivity index (χ0) is 29.7. The Labute approximate surface area is 237 Å². The van der Waals surface area contributed by atoms with Gasteiger partial charge in [0.05, 0.1) is 17.9 Å². The molecule has 0 saturated heterocycles. The number of phenols is 1. The molecule has 2 amide bonds. The second-order valence-corrected chi connectivity index (χ2v) is 11.4. The van der Waals surface area contributed by atoms with Crippen molar-refractivity contribution in [1.29, 1.82) is 5.26 Å². The first kappa shape index (κ1) is 30.5. The predicted octanol–water partition coefficient (Wildman–Crippen LogP) is 6.95. The number of ether oxygens (including phenoxy) is 1. The van der Waals surface area contributed by atoms with Gasteiger partial charge in [-0.25, -0.2) is 4.90 Å². The van der Waals surface area contributed by atoms with Crippen LogP contribution in [0.1, 0.15) is 89.2 Å². The SMILES string of the molecule is CCC(C)(C)c1ccc(OCCCNC(=O)c2cc(N(C#N)C(C)=O)c3ccccc3c2O)c(C(C)(C)CC)c1. The molecule has 7 nitrogen and oxygen atoms in total. The molecule has 0 aromatic heterocycles. The summed E-state index contributed by atoms with van der Waals surface area (Å²) in [5.41, 5.74) is 2.74. The van der Waals surface area contributed by atoms with Crippen molar-refractivity contribution in [2.75, 3.05) is 18.1 Å². The number of nitriles is 1. The third-order valence-electron chi connectivity index (χ3n) is 8.02. The highest BCUT2D eigenvalue weighted by atomic mass is 16.5. The highest BCUT2D eigenvalue weighted by Gasteiger charge is 2.27. The summed E-state index contributed by atoms with van der Waals surface area (Å²) in [5, 5.41) is 24.1. The lowest BCUT2D eigenvalue weighted by Crippen LogP contribution is -2.27. The summed E-state index contributed by atoms with van der Waals surface area (Å²) in [5.74, 6) is -0.328. The van der Waals surface area contributed by atoms with E-state index in [0.29, 0.717) is 30.3 Å². The van der Waals surface area contributed by atoms with Crippen molar-refractivity contribution in [2.45, 2.75) is 78.6 Å². The molecule has 0 bridgehead atoms. The van der Waals surface area contributed by atoms with Crippen LogP contribution in [-0.4, -0.2) is 30.1 Å². The van der Waals surface area contributed by atoms with Crippen LogP contribution >= 0.6 is 0 Å². The van der Waals surface area contributed by atoms with Gasteiger partial charge in [-0.2, -0.15) is 5.26 Å². The summed E-state index contributed by atoms with van der Waals surface area (Å²) in [7, 11) is 0. The lowest BCUT2D eigenvalue weighted by Gasteiger charge is -2.30. The number of hydrogen-bond acceptors (Lipinski definition) is 5. The van der Waals surface area contributed by atoms with E-state index in [1.54, 1.807) is 24.3 Å². The Hall–Kier alpha value is -4.05. The van der Waals surface area contributed by atoms with Gasteiger partial charge < -0.3 is 15.2 Å².